The van der Waals surface area contributed by atoms with Crippen LogP contribution in [-0.4, -0.2) is 35.6 Å². The van der Waals surface area contributed by atoms with Gasteiger partial charge in [-0.3, -0.25) is 4.79 Å². The number of hydrogen-bond acceptors (Lipinski definition) is 3. The summed E-state index contributed by atoms with van der Waals surface area (Å²) in [6, 6.07) is 2.13. The van der Waals surface area contributed by atoms with E-state index in [4.69, 9.17) is 5.11 Å². The Balaban J connectivity index is 2.63. The Morgan fingerprint density at radius 3 is 2.52 bits per heavy atom. The van der Waals surface area contributed by atoms with Crippen LogP contribution in [0.2, 0.25) is 0 Å². The van der Waals surface area contributed by atoms with Gasteiger partial charge in [0.1, 0.15) is 5.82 Å². The summed E-state index contributed by atoms with van der Waals surface area (Å²) in [7, 11) is 0. The molecule has 4 N–H and O–H groups in total. The Hall–Kier alpha value is -2.64. The van der Waals surface area contributed by atoms with Crippen molar-refractivity contribution in [1.29, 1.82) is 0 Å². The summed E-state index contributed by atoms with van der Waals surface area (Å²) in [6.07, 6.45) is 0. The lowest BCUT2D eigenvalue weighted by atomic mass is 10.2. The van der Waals surface area contributed by atoms with Gasteiger partial charge in [-0.05, 0) is 32.0 Å². The van der Waals surface area contributed by atoms with Crippen molar-refractivity contribution in [2.24, 2.45) is 0 Å². The summed E-state index contributed by atoms with van der Waals surface area (Å²) in [5.74, 6) is -2.48. The summed E-state index contributed by atoms with van der Waals surface area (Å²) in [5.41, 5.74) is -0.442. The van der Waals surface area contributed by atoms with Crippen LogP contribution in [0.5, 0.6) is 0 Å². The number of halogens is 1. The molecule has 0 unspecified atom stereocenters. The number of rotatable bonds is 5. The van der Waals surface area contributed by atoms with Crippen molar-refractivity contribution in [3.8, 4) is 0 Å². The second kappa shape index (κ2) is 7.22. The van der Waals surface area contributed by atoms with E-state index in [0.717, 1.165) is 18.2 Å². The summed E-state index contributed by atoms with van der Waals surface area (Å²) in [6.45, 7) is 3.29. The van der Waals surface area contributed by atoms with Crippen molar-refractivity contribution >= 4 is 23.6 Å². The van der Waals surface area contributed by atoms with Crippen LogP contribution in [0.1, 0.15) is 24.2 Å². The normalized spacial score (nSPS) is 10.1. The fourth-order valence-corrected chi connectivity index (χ4v) is 1.50. The number of amides is 3. The third kappa shape index (κ3) is 5.47. The molecule has 0 spiro atoms. The van der Waals surface area contributed by atoms with Gasteiger partial charge in [0.15, 0.2) is 0 Å². The number of benzene rings is 1. The quantitative estimate of drug-likeness (QED) is 0.654. The van der Waals surface area contributed by atoms with E-state index in [9.17, 15) is 18.8 Å². The first-order chi connectivity index (χ1) is 9.79. The first-order valence-electron chi connectivity index (χ1n) is 6.16. The molecule has 0 fully saturated rings. The summed E-state index contributed by atoms with van der Waals surface area (Å²) in [4.78, 5) is 33.8. The largest absolute Gasteiger partial charge is 0.478 e. The summed E-state index contributed by atoms with van der Waals surface area (Å²) >= 11 is 0. The zero-order chi connectivity index (χ0) is 16.0. The molecule has 1 aromatic rings. The van der Waals surface area contributed by atoms with E-state index in [1.807, 2.05) is 0 Å². The van der Waals surface area contributed by atoms with Crippen LogP contribution in [0.15, 0.2) is 18.2 Å². The maximum absolute atomic E-state index is 13.0. The highest BCUT2D eigenvalue weighted by Crippen LogP contribution is 2.16. The number of hydrogen-bond donors (Lipinski definition) is 4. The smallest absolute Gasteiger partial charge is 0.337 e. The number of carboxylic acids is 1. The molecule has 3 amide bonds. The molecule has 1 aromatic carbocycles. The molecule has 0 saturated carbocycles. The minimum Gasteiger partial charge on any atom is -0.478 e. The SMILES string of the molecule is CC(C)NC(=O)CNC(=O)Nc1ccc(F)cc1C(=O)O. The van der Waals surface area contributed by atoms with Crippen LogP contribution in [-0.2, 0) is 4.79 Å². The van der Waals surface area contributed by atoms with E-state index in [-0.39, 0.29) is 29.7 Å². The Morgan fingerprint density at radius 2 is 1.95 bits per heavy atom. The number of anilines is 1. The van der Waals surface area contributed by atoms with Crippen LogP contribution >= 0.6 is 0 Å². The molecule has 0 radical (unpaired) electrons. The van der Waals surface area contributed by atoms with E-state index in [2.05, 4.69) is 16.0 Å². The molecule has 0 aliphatic rings. The molecule has 0 heterocycles. The van der Waals surface area contributed by atoms with Gasteiger partial charge in [0.05, 0.1) is 17.8 Å². The van der Waals surface area contributed by atoms with Crippen molar-refractivity contribution in [1.82, 2.24) is 10.6 Å². The van der Waals surface area contributed by atoms with Crippen LogP contribution < -0.4 is 16.0 Å². The lowest BCUT2D eigenvalue weighted by molar-refractivity contribution is -0.120. The summed E-state index contributed by atoms with van der Waals surface area (Å²) in [5, 5.41) is 16.0. The Bertz CT molecular complexity index is 560. The van der Waals surface area contributed by atoms with E-state index >= 15 is 0 Å². The maximum atomic E-state index is 13.0. The van der Waals surface area contributed by atoms with E-state index in [1.54, 1.807) is 13.8 Å². The van der Waals surface area contributed by atoms with Gasteiger partial charge < -0.3 is 21.1 Å². The number of urea groups is 1. The van der Waals surface area contributed by atoms with Crippen LogP contribution in [0.25, 0.3) is 0 Å². The fraction of sp³-hybridized carbons (Fsp3) is 0.308. The number of nitrogens with one attached hydrogen (secondary N) is 3. The second-order valence-corrected chi connectivity index (χ2v) is 4.52. The van der Waals surface area contributed by atoms with E-state index in [1.165, 1.54) is 0 Å². The van der Waals surface area contributed by atoms with Crippen LogP contribution in [0, 0.1) is 5.82 Å². The highest BCUT2D eigenvalue weighted by atomic mass is 19.1. The first-order valence-corrected chi connectivity index (χ1v) is 6.16. The van der Waals surface area contributed by atoms with Gasteiger partial charge in [-0.15, -0.1) is 0 Å². The molecule has 0 atom stereocenters. The number of carbonyl (C=O) groups is 3. The molecule has 1 rings (SSSR count). The van der Waals surface area contributed by atoms with Gasteiger partial charge in [0.25, 0.3) is 0 Å². The lowest BCUT2D eigenvalue weighted by Gasteiger charge is -2.11. The van der Waals surface area contributed by atoms with Gasteiger partial charge in [-0.25, -0.2) is 14.0 Å². The van der Waals surface area contributed by atoms with Gasteiger partial charge in [-0.2, -0.15) is 0 Å². The minimum atomic E-state index is -1.37. The topological polar surface area (TPSA) is 108 Å². The third-order valence-electron chi connectivity index (χ3n) is 2.32. The second-order valence-electron chi connectivity index (χ2n) is 4.52. The van der Waals surface area contributed by atoms with Gasteiger partial charge in [-0.1, -0.05) is 0 Å². The molecule has 0 saturated heterocycles. The molecule has 0 aliphatic heterocycles. The highest BCUT2D eigenvalue weighted by molar-refractivity contribution is 6.00. The van der Waals surface area contributed by atoms with E-state index < -0.39 is 17.8 Å². The first kappa shape index (κ1) is 16.4. The zero-order valence-electron chi connectivity index (χ0n) is 11.6. The standard InChI is InChI=1S/C13H16FN3O4/c1-7(2)16-11(18)6-15-13(21)17-10-4-3-8(14)5-9(10)12(19)20/h3-5,7H,6H2,1-2H3,(H,16,18)(H,19,20)(H2,15,17,21). The molecule has 7 nitrogen and oxygen atoms in total. The maximum Gasteiger partial charge on any atom is 0.337 e. The van der Waals surface area contributed by atoms with Crippen molar-refractivity contribution in [2.75, 3.05) is 11.9 Å². The van der Waals surface area contributed by atoms with Crippen molar-refractivity contribution in [3.05, 3.63) is 29.6 Å². The zero-order valence-corrected chi connectivity index (χ0v) is 11.6. The average molecular weight is 297 g/mol. The van der Waals surface area contributed by atoms with Crippen molar-refractivity contribution < 1.29 is 23.9 Å². The monoisotopic (exact) mass is 297 g/mol. The van der Waals surface area contributed by atoms with Gasteiger partial charge in [0.2, 0.25) is 5.91 Å². The number of carboxylic acid groups (broad SMARTS) is 1. The summed E-state index contributed by atoms with van der Waals surface area (Å²) < 4.78 is 13.0. The minimum absolute atomic E-state index is 0.0573. The molecule has 0 bridgehead atoms. The fourth-order valence-electron chi connectivity index (χ4n) is 1.50. The van der Waals surface area contributed by atoms with Crippen LogP contribution in [0.3, 0.4) is 0 Å². The molecule has 0 aliphatic carbocycles. The number of aromatic carboxylic acids is 1. The van der Waals surface area contributed by atoms with Crippen molar-refractivity contribution in [2.45, 2.75) is 19.9 Å². The molecule has 21 heavy (non-hydrogen) atoms. The van der Waals surface area contributed by atoms with E-state index in [0.29, 0.717) is 0 Å². The molecule has 0 aromatic heterocycles. The predicted octanol–water partition coefficient (Wildman–Crippen LogP) is 1.17. The van der Waals surface area contributed by atoms with Gasteiger partial charge in [0, 0.05) is 6.04 Å². The Morgan fingerprint density at radius 1 is 1.29 bits per heavy atom. The van der Waals surface area contributed by atoms with Crippen LogP contribution in [0.4, 0.5) is 14.9 Å². The molecular weight excluding hydrogens is 281 g/mol. The molecular formula is C13H16FN3O4. The predicted molar refractivity (Wildman–Crippen MR) is 73.7 cm³/mol. The van der Waals surface area contributed by atoms with Gasteiger partial charge >= 0.3 is 12.0 Å². The molecule has 114 valence electrons. The lowest BCUT2D eigenvalue weighted by Crippen LogP contribution is -2.41. The Labute approximate surface area is 120 Å². The molecule has 8 heteroatoms. The highest BCUT2D eigenvalue weighted by Gasteiger charge is 2.14. The third-order valence-corrected chi connectivity index (χ3v) is 2.32. The number of carbonyl (C=O) groups excluding carboxylic acids is 2. The average Bonchev–Trinajstić information content (AvgIpc) is 2.37. The Kier molecular flexibility index (Phi) is 5.65. The van der Waals surface area contributed by atoms with Crippen molar-refractivity contribution in [3.63, 3.8) is 0 Å².